The van der Waals surface area contributed by atoms with Crippen LogP contribution in [0.4, 0.5) is 0 Å². The lowest BCUT2D eigenvalue weighted by atomic mass is 10.2. The highest BCUT2D eigenvalue weighted by atomic mass is 28.4. The van der Waals surface area contributed by atoms with E-state index in [1.807, 2.05) is 24.4 Å². The van der Waals surface area contributed by atoms with Crippen molar-refractivity contribution in [2.75, 3.05) is 27.9 Å². The largest absolute Gasteiger partial charge is 0.501 e. The Hall–Kier alpha value is -1.14. The summed E-state index contributed by atoms with van der Waals surface area (Å²) in [6.45, 7) is 5.47. The molecule has 1 aromatic carbocycles. The molecule has 0 atom stereocenters. The third-order valence-corrected chi connectivity index (χ3v) is 5.83. The molecule has 0 aromatic heterocycles. The molecule has 106 valence electrons. The van der Waals surface area contributed by atoms with Crippen molar-refractivity contribution < 1.29 is 13.3 Å². The number of hydrogen-bond acceptors (Lipinski definition) is 4. The molecule has 0 saturated carbocycles. The van der Waals surface area contributed by atoms with Gasteiger partial charge >= 0.3 is 8.80 Å². The van der Waals surface area contributed by atoms with Crippen molar-refractivity contribution in [3.05, 3.63) is 48.7 Å². The Morgan fingerprint density at radius 2 is 1.68 bits per heavy atom. The summed E-state index contributed by atoms with van der Waals surface area (Å²) >= 11 is 0. The lowest BCUT2D eigenvalue weighted by molar-refractivity contribution is 0.120. The maximum Gasteiger partial charge on any atom is 0.501 e. The van der Waals surface area contributed by atoms with Gasteiger partial charge in [0.1, 0.15) is 0 Å². The zero-order chi connectivity index (χ0) is 14.1. The molecule has 0 amide bonds. The highest BCUT2D eigenvalue weighted by Crippen LogP contribution is 2.14. The van der Waals surface area contributed by atoms with Crippen LogP contribution in [-0.4, -0.2) is 41.6 Å². The van der Waals surface area contributed by atoms with Crippen LogP contribution < -0.4 is 0 Å². The van der Waals surface area contributed by atoms with Crippen LogP contribution in [0.5, 0.6) is 0 Å². The van der Waals surface area contributed by atoms with Gasteiger partial charge in [0.25, 0.3) is 0 Å². The second-order valence-corrected chi connectivity index (χ2v) is 7.27. The maximum absolute atomic E-state index is 5.41. The fourth-order valence-corrected chi connectivity index (χ4v) is 3.56. The van der Waals surface area contributed by atoms with Crippen LogP contribution in [0.15, 0.2) is 43.1 Å². The average molecular weight is 281 g/mol. The van der Waals surface area contributed by atoms with Gasteiger partial charge in [-0.25, -0.2) is 0 Å². The van der Waals surface area contributed by atoms with Crippen LogP contribution in [0.3, 0.4) is 0 Å². The van der Waals surface area contributed by atoms with E-state index < -0.39 is 8.80 Å². The van der Waals surface area contributed by atoms with Crippen molar-refractivity contribution in [3.63, 3.8) is 0 Å². The van der Waals surface area contributed by atoms with Gasteiger partial charge in [-0.05, 0) is 11.8 Å². The van der Waals surface area contributed by atoms with Gasteiger partial charge in [0.15, 0.2) is 0 Å². The molecule has 1 aromatic rings. The van der Waals surface area contributed by atoms with Crippen molar-refractivity contribution >= 4 is 8.80 Å². The van der Waals surface area contributed by atoms with Gasteiger partial charge in [0.2, 0.25) is 0 Å². The van der Waals surface area contributed by atoms with E-state index in [4.69, 9.17) is 13.3 Å². The minimum atomic E-state index is -2.50. The van der Waals surface area contributed by atoms with Crippen molar-refractivity contribution in [1.82, 2.24) is 4.90 Å². The van der Waals surface area contributed by atoms with Crippen molar-refractivity contribution in [2.45, 2.75) is 12.6 Å². The average Bonchev–Trinajstić information content (AvgIpc) is 2.49. The van der Waals surface area contributed by atoms with Gasteiger partial charge in [-0.1, -0.05) is 36.9 Å². The molecule has 0 unspecified atom stereocenters. The summed E-state index contributed by atoms with van der Waals surface area (Å²) in [5, 5.41) is 0. The molecular formula is C14H23NO3Si. The van der Waals surface area contributed by atoms with Gasteiger partial charge in [0.05, 0.1) is 0 Å². The van der Waals surface area contributed by atoms with E-state index >= 15 is 0 Å². The first-order chi connectivity index (χ1) is 9.19. The van der Waals surface area contributed by atoms with Crippen LogP contribution in [0, 0.1) is 0 Å². The predicted molar refractivity (Wildman–Crippen MR) is 78.6 cm³/mol. The standard InChI is InChI=1S/C14H23NO3Si/c1-5-15(13-14-9-7-6-8-10-14)11-12-19(16-2,17-3)18-4/h5-10H,1,11-13H2,2-4H3. The van der Waals surface area contributed by atoms with E-state index in [-0.39, 0.29) is 0 Å². The molecule has 0 aliphatic heterocycles. The molecule has 1 rings (SSSR count). The molecule has 0 bridgehead atoms. The zero-order valence-electron chi connectivity index (χ0n) is 12.0. The monoisotopic (exact) mass is 281 g/mol. The van der Waals surface area contributed by atoms with E-state index in [0.717, 1.165) is 19.1 Å². The summed E-state index contributed by atoms with van der Waals surface area (Å²) in [4.78, 5) is 2.13. The number of benzene rings is 1. The molecule has 0 spiro atoms. The molecule has 19 heavy (non-hydrogen) atoms. The zero-order valence-corrected chi connectivity index (χ0v) is 13.0. The SMILES string of the molecule is C=CN(CC[Si](OC)(OC)OC)Cc1ccccc1. The number of hydrogen-bond donors (Lipinski definition) is 0. The van der Waals surface area contributed by atoms with Crippen LogP contribution in [-0.2, 0) is 19.8 Å². The topological polar surface area (TPSA) is 30.9 Å². The first-order valence-electron chi connectivity index (χ1n) is 6.25. The maximum atomic E-state index is 5.41. The number of rotatable bonds is 9. The second kappa shape index (κ2) is 8.11. The van der Waals surface area contributed by atoms with Gasteiger partial charge in [-0.15, -0.1) is 0 Å². The van der Waals surface area contributed by atoms with Crippen LogP contribution in [0.2, 0.25) is 6.04 Å². The molecule has 0 heterocycles. The fraction of sp³-hybridized carbons (Fsp3) is 0.429. The molecular weight excluding hydrogens is 258 g/mol. The summed E-state index contributed by atoms with van der Waals surface area (Å²) in [5.74, 6) is 0. The molecule has 0 saturated heterocycles. The molecule has 0 radical (unpaired) electrons. The highest BCUT2D eigenvalue weighted by molar-refractivity contribution is 6.60. The predicted octanol–water partition coefficient (Wildman–Crippen LogP) is 2.51. The molecule has 5 heteroatoms. The Morgan fingerprint density at radius 1 is 1.11 bits per heavy atom. The van der Waals surface area contributed by atoms with Crippen LogP contribution in [0.25, 0.3) is 0 Å². The minimum Gasteiger partial charge on any atom is -0.377 e. The molecule has 0 fully saturated rings. The van der Waals surface area contributed by atoms with E-state index in [0.29, 0.717) is 0 Å². The lowest BCUT2D eigenvalue weighted by Crippen LogP contribution is -2.45. The summed E-state index contributed by atoms with van der Waals surface area (Å²) in [5.41, 5.74) is 1.25. The summed E-state index contributed by atoms with van der Waals surface area (Å²) in [6, 6.07) is 11.0. The number of nitrogens with zero attached hydrogens (tertiary/aromatic N) is 1. The van der Waals surface area contributed by atoms with Crippen molar-refractivity contribution in [1.29, 1.82) is 0 Å². The Kier molecular flexibility index (Phi) is 6.79. The Balaban J connectivity index is 2.55. The Labute approximate surface area is 117 Å². The molecule has 0 aliphatic rings. The normalized spacial score (nSPS) is 11.3. The van der Waals surface area contributed by atoms with Crippen LogP contribution in [0.1, 0.15) is 5.56 Å². The van der Waals surface area contributed by atoms with Crippen LogP contribution >= 0.6 is 0 Å². The quantitative estimate of drug-likeness (QED) is 0.651. The first-order valence-corrected chi connectivity index (χ1v) is 8.19. The van der Waals surface area contributed by atoms with Gasteiger partial charge in [-0.2, -0.15) is 0 Å². The van der Waals surface area contributed by atoms with Gasteiger partial charge < -0.3 is 18.2 Å². The van der Waals surface area contributed by atoms with Gasteiger partial charge in [0, 0.05) is 40.5 Å². The smallest absolute Gasteiger partial charge is 0.377 e. The van der Waals surface area contributed by atoms with E-state index in [1.165, 1.54) is 5.56 Å². The van der Waals surface area contributed by atoms with Crippen molar-refractivity contribution in [2.24, 2.45) is 0 Å². The first kappa shape index (κ1) is 15.9. The lowest BCUT2D eigenvalue weighted by Gasteiger charge is -2.27. The summed E-state index contributed by atoms with van der Waals surface area (Å²) in [7, 11) is 2.40. The van der Waals surface area contributed by atoms with E-state index in [1.54, 1.807) is 21.3 Å². The molecule has 0 aliphatic carbocycles. The summed E-state index contributed by atoms with van der Waals surface area (Å²) in [6.07, 6.45) is 1.84. The minimum absolute atomic E-state index is 0.732. The van der Waals surface area contributed by atoms with E-state index in [2.05, 4.69) is 23.6 Å². The van der Waals surface area contributed by atoms with Crippen molar-refractivity contribution in [3.8, 4) is 0 Å². The van der Waals surface area contributed by atoms with E-state index in [9.17, 15) is 0 Å². The second-order valence-electron chi connectivity index (χ2n) is 4.18. The molecule has 0 N–H and O–H groups in total. The highest BCUT2D eigenvalue weighted by Gasteiger charge is 2.37. The molecule has 4 nitrogen and oxygen atoms in total. The fourth-order valence-electron chi connectivity index (χ4n) is 1.89. The third kappa shape index (κ3) is 4.79. The summed E-state index contributed by atoms with van der Waals surface area (Å²) < 4.78 is 16.2. The van der Waals surface area contributed by atoms with Gasteiger partial charge in [-0.3, -0.25) is 0 Å². The Morgan fingerprint density at radius 3 is 2.16 bits per heavy atom. The Bertz CT molecular complexity index is 360. The third-order valence-electron chi connectivity index (χ3n) is 3.12.